The summed E-state index contributed by atoms with van der Waals surface area (Å²) in [5, 5.41) is 41.1. The molecule has 2 aromatic heterocycles. The minimum atomic E-state index is -1.37. The summed E-state index contributed by atoms with van der Waals surface area (Å²) < 4.78 is 23.1. The fourth-order valence-electron chi connectivity index (χ4n) is 3.88. The molecular weight excluding hydrogens is 522 g/mol. The Morgan fingerprint density at radius 3 is 2.76 bits per heavy atom. The lowest BCUT2D eigenvalue weighted by Crippen LogP contribution is -2.33. The van der Waals surface area contributed by atoms with Gasteiger partial charge in [-0.2, -0.15) is 0 Å². The number of methoxy groups -OCH3 is 1. The maximum atomic E-state index is 12.0. The SMILES string of the molecule is CCOC(=O)c1ccc(OCC(O)CSc2nc3c(N)ncnc3n2[C@@H]2O[C@H](CO)[C@@H](O)[C@H]2O)cc1OC. The number of esters is 1. The van der Waals surface area contributed by atoms with Crippen LogP contribution in [-0.4, -0.2) is 103 Å². The summed E-state index contributed by atoms with van der Waals surface area (Å²) in [5.41, 5.74) is 6.72. The number of hydrogen-bond donors (Lipinski definition) is 5. The van der Waals surface area contributed by atoms with Crippen molar-refractivity contribution in [3.63, 3.8) is 0 Å². The minimum absolute atomic E-state index is 0.0923. The summed E-state index contributed by atoms with van der Waals surface area (Å²) in [6.07, 6.45) is -4.54. The number of rotatable bonds is 11. The third kappa shape index (κ3) is 5.62. The van der Waals surface area contributed by atoms with Crippen molar-refractivity contribution in [2.45, 2.75) is 42.7 Å². The number of fused-ring (bicyclic) bond motifs is 1. The average molecular weight is 552 g/mol. The lowest BCUT2D eigenvalue weighted by atomic mass is 10.1. The lowest BCUT2D eigenvalue weighted by molar-refractivity contribution is -0.0548. The lowest BCUT2D eigenvalue weighted by Gasteiger charge is -2.19. The number of aromatic nitrogens is 4. The molecule has 1 fully saturated rings. The van der Waals surface area contributed by atoms with Crippen LogP contribution >= 0.6 is 11.8 Å². The van der Waals surface area contributed by atoms with E-state index in [9.17, 15) is 25.2 Å². The van der Waals surface area contributed by atoms with E-state index < -0.39 is 43.2 Å². The maximum Gasteiger partial charge on any atom is 0.341 e. The number of nitrogen functional groups attached to an aromatic ring is 1. The van der Waals surface area contributed by atoms with E-state index in [4.69, 9.17) is 24.7 Å². The Kier molecular flexibility index (Phi) is 8.86. The van der Waals surface area contributed by atoms with Crippen LogP contribution in [0.2, 0.25) is 0 Å². The van der Waals surface area contributed by atoms with Crippen molar-refractivity contribution in [3.05, 3.63) is 30.1 Å². The molecule has 0 aliphatic carbocycles. The topological polar surface area (TPSA) is 205 Å². The number of carbonyl (C=O) groups excluding carboxylic acids is 1. The van der Waals surface area contributed by atoms with Crippen molar-refractivity contribution in [1.82, 2.24) is 19.5 Å². The van der Waals surface area contributed by atoms with Gasteiger partial charge in [0.25, 0.3) is 0 Å². The standard InChI is InChI=1S/C23H29N5O9S/c1-3-35-22(33)13-5-4-12(6-14(13)34-2)36-8-11(30)9-38-23-27-16-19(24)25-10-26-20(16)28(23)21-18(32)17(31)15(7-29)37-21/h4-6,10-11,15,17-18,21,29-32H,3,7-9H2,1-2H3,(H2,24,25,26)/t11?,15-,17-,18-,21-/m1/s1. The van der Waals surface area contributed by atoms with E-state index in [1.807, 2.05) is 0 Å². The molecule has 0 spiro atoms. The van der Waals surface area contributed by atoms with E-state index in [0.717, 1.165) is 11.8 Å². The van der Waals surface area contributed by atoms with Crippen LogP contribution in [0.1, 0.15) is 23.5 Å². The highest BCUT2D eigenvalue weighted by Crippen LogP contribution is 2.36. The Morgan fingerprint density at radius 2 is 2.08 bits per heavy atom. The number of nitrogens with zero attached hydrogens (tertiary/aromatic N) is 4. The van der Waals surface area contributed by atoms with Gasteiger partial charge in [0.15, 0.2) is 28.4 Å². The summed E-state index contributed by atoms with van der Waals surface area (Å²) in [5.74, 6) is 0.349. The molecule has 0 amide bonds. The van der Waals surface area contributed by atoms with E-state index in [2.05, 4.69) is 15.0 Å². The van der Waals surface area contributed by atoms with Crippen LogP contribution in [-0.2, 0) is 9.47 Å². The molecule has 1 aliphatic heterocycles. The zero-order chi connectivity index (χ0) is 27.4. The second kappa shape index (κ2) is 12.1. The van der Waals surface area contributed by atoms with Gasteiger partial charge in [0.2, 0.25) is 0 Å². The number of thioether (sulfide) groups is 1. The smallest absolute Gasteiger partial charge is 0.341 e. The first-order valence-corrected chi connectivity index (χ1v) is 12.7. The molecule has 0 bridgehead atoms. The molecule has 38 heavy (non-hydrogen) atoms. The third-order valence-electron chi connectivity index (χ3n) is 5.76. The Hall–Kier alpha value is -3.21. The quantitative estimate of drug-likeness (QED) is 0.154. The molecule has 0 saturated carbocycles. The summed E-state index contributed by atoms with van der Waals surface area (Å²) in [6, 6.07) is 4.61. The van der Waals surface area contributed by atoms with Crippen LogP contribution in [0, 0.1) is 0 Å². The molecule has 15 heteroatoms. The van der Waals surface area contributed by atoms with Gasteiger partial charge in [-0.05, 0) is 19.1 Å². The summed E-state index contributed by atoms with van der Waals surface area (Å²) in [6.45, 7) is 1.34. The van der Waals surface area contributed by atoms with E-state index in [-0.39, 0.29) is 47.3 Å². The van der Waals surface area contributed by atoms with Gasteiger partial charge in [0.05, 0.1) is 26.4 Å². The second-order valence-electron chi connectivity index (χ2n) is 8.28. The normalized spacial score (nSPS) is 21.9. The molecule has 14 nitrogen and oxygen atoms in total. The number of anilines is 1. The molecule has 1 aliphatic rings. The predicted molar refractivity (Wildman–Crippen MR) is 134 cm³/mol. The average Bonchev–Trinajstić information content (AvgIpc) is 3.43. The molecule has 1 unspecified atom stereocenters. The highest BCUT2D eigenvalue weighted by atomic mass is 32.2. The maximum absolute atomic E-state index is 12.0. The molecular formula is C23H29N5O9S. The van der Waals surface area contributed by atoms with Crippen LogP contribution < -0.4 is 15.2 Å². The van der Waals surface area contributed by atoms with Crippen molar-refractivity contribution in [2.24, 2.45) is 0 Å². The van der Waals surface area contributed by atoms with Crippen LogP contribution in [0.3, 0.4) is 0 Å². The number of imidazole rings is 1. The highest BCUT2D eigenvalue weighted by Gasteiger charge is 2.45. The van der Waals surface area contributed by atoms with Crippen molar-refractivity contribution in [1.29, 1.82) is 0 Å². The van der Waals surface area contributed by atoms with Crippen LogP contribution in [0.4, 0.5) is 5.82 Å². The summed E-state index contributed by atoms with van der Waals surface area (Å²) in [7, 11) is 1.42. The highest BCUT2D eigenvalue weighted by molar-refractivity contribution is 7.99. The molecule has 5 atom stereocenters. The first-order valence-electron chi connectivity index (χ1n) is 11.7. The molecule has 3 aromatic rings. The van der Waals surface area contributed by atoms with Gasteiger partial charge in [0, 0.05) is 11.8 Å². The summed E-state index contributed by atoms with van der Waals surface area (Å²) >= 11 is 1.12. The zero-order valence-electron chi connectivity index (χ0n) is 20.6. The molecule has 206 valence electrons. The van der Waals surface area contributed by atoms with Crippen molar-refractivity contribution in [3.8, 4) is 11.5 Å². The fraction of sp³-hybridized carbons (Fsp3) is 0.478. The van der Waals surface area contributed by atoms with Crippen molar-refractivity contribution >= 4 is 34.7 Å². The largest absolute Gasteiger partial charge is 0.496 e. The molecule has 1 aromatic carbocycles. The monoisotopic (exact) mass is 551 g/mol. The number of carbonyl (C=O) groups is 1. The van der Waals surface area contributed by atoms with Gasteiger partial charge in [-0.3, -0.25) is 4.57 Å². The number of benzene rings is 1. The fourth-order valence-corrected chi connectivity index (χ4v) is 4.80. The van der Waals surface area contributed by atoms with Gasteiger partial charge in [-0.15, -0.1) is 0 Å². The van der Waals surface area contributed by atoms with E-state index in [1.165, 1.54) is 30.1 Å². The second-order valence-corrected chi connectivity index (χ2v) is 9.27. The Morgan fingerprint density at radius 1 is 1.29 bits per heavy atom. The zero-order valence-corrected chi connectivity index (χ0v) is 21.4. The van der Waals surface area contributed by atoms with E-state index >= 15 is 0 Å². The van der Waals surface area contributed by atoms with Crippen molar-refractivity contribution < 1.29 is 44.2 Å². The number of aliphatic hydroxyl groups excluding tert-OH is 4. The van der Waals surface area contributed by atoms with E-state index in [0.29, 0.717) is 10.9 Å². The van der Waals surface area contributed by atoms with E-state index in [1.54, 1.807) is 13.0 Å². The number of ether oxygens (including phenoxy) is 4. The Bertz CT molecular complexity index is 1280. The van der Waals surface area contributed by atoms with Gasteiger partial charge < -0.3 is 45.1 Å². The number of nitrogens with two attached hydrogens (primary N) is 1. The molecule has 3 heterocycles. The number of aliphatic hydroxyl groups is 4. The first-order chi connectivity index (χ1) is 18.3. The predicted octanol–water partition coefficient (Wildman–Crippen LogP) is -0.263. The van der Waals surface area contributed by atoms with Crippen LogP contribution in [0.25, 0.3) is 11.2 Å². The molecule has 1 saturated heterocycles. The van der Waals surface area contributed by atoms with Crippen LogP contribution in [0.15, 0.2) is 29.7 Å². The number of hydrogen-bond acceptors (Lipinski definition) is 14. The van der Waals surface area contributed by atoms with Crippen molar-refractivity contribution in [2.75, 3.05) is 38.4 Å². The first kappa shape index (κ1) is 27.8. The third-order valence-corrected chi connectivity index (χ3v) is 6.86. The molecule has 0 radical (unpaired) electrons. The molecule has 4 rings (SSSR count). The Labute approximate surface area is 221 Å². The van der Waals surface area contributed by atoms with Gasteiger partial charge in [-0.25, -0.2) is 19.7 Å². The Balaban J connectivity index is 1.47. The molecule has 6 N–H and O–H groups in total. The summed E-state index contributed by atoms with van der Waals surface area (Å²) in [4.78, 5) is 24.6. The van der Waals surface area contributed by atoms with Gasteiger partial charge in [0.1, 0.15) is 48.3 Å². The van der Waals surface area contributed by atoms with Crippen LogP contribution in [0.5, 0.6) is 11.5 Å². The van der Waals surface area contributed by atoms with Gasteiger partial charge >= 0.3 is 5.97 Å². The minimum Gasteiger partial charge on any atom is -0.496 e. The van der Waals surface area contributed by atoms with Gasteiger partial charge in [-0.1, -0.05) is 11.8 Å².